The van der Waals surface area contributed by atoms with Gasteiger partial charge in [-0.2, -0.15) is 0 Å². The Kier molecular flexibility index (Phi) is 3.29. The van der Waals surface area contributed by atoms with E-state index in [1.54, 1.807) is 6.20 Å². The van der Waals surface area contributed by atoms with Gasteiger partial charge in [0.15, 0.2) is 0 Å². The van der Waals surface area contributed by atoms with Crippen LogP contribution in [-0.2, 0) is 0 Å². The molecule has 3 heteroatoms. The number of hydrogen-bond donors (Lipinski definition) is 2. The number of aromatic nitrogens is 2. The second-order valence-electron chi connectivity index (χ2n) is 3.17. The van der Waals surface area contributed by atoms with Gasteiger partial charge in [0.2, 0.25) is 0 Å². The van der Waals surface area contributed by atoms with Gasteiger partial charge in [-0.3, -0.25) is 0 Å². The van der Waals surface area contributed by atoms with Gasteiger partial charge < -0.3 is 10.3 Å². The van der Waals surface area contributed by atoms with Crippen LogP contribution in [0.1, 0.15) is 39.1 Å². The van der Waals surface area contributed by atoms with Gasteiger partial charge in [-0.1, -0.05) is 6.92 Å². The van der Waals surface area contributed by atoms with E-state index >= 15 is 0 Å². The number of aromatic amines is 1. The molecule has 0 spiro atoms. The van der Waals surface area contributed by atoms with E-state index in [1.165, 1.54) is 0 Å². The molecule has 0 saturated heterocycles. The van der Waals surface area contributed by atoms with Crippen molar-refractivity contribution in [3.8, 4) is 0 Å². The Bertz CT molecular complexity index is 206. The van der Waals surface area contributed by atoms with E-state index in [4.69, 9.17) is 0 Å². The molecule has 0 aliphatic rings. The summed E-state index contributed by atoms with van der Waals surface area (Å²) in [6.45, 7) is 6.47. The van der Waals surface area contributed by atoms with Crippen molar-refractivity contribution >= 4 is 0 Å². The monoisotopic (exact) mass is 167 g/mol. The molecule has 0 bridgehead atoms. The highest BCUT2D eigenvalue weighted by Gasteiger charge is 2.08. The Labute approximate surface area is 73.6 Å². The summed E-state index contributed by atoms with van der Waals surface area (Å²) in [5.74, 6) is 1.01. The van der Waals surface area contributed by atoms with Crippen molar-refractivity contribution in [2.45, 2.75) is 39.3 Å². The maximum absolute atomic E-state index is 4.19. The van der Waals surface area contributed by atoms with Crippen LogP contribution in [0.2, 0.25) is 0 Å². The van der Waals surface area contributed by atoms with E-state index in [0.29, 0.717) is 12.1 Å². The lowest BCUT2D eigenvalue weighted by molar-refractivity contribution is 0.457. The minimum Gasteiger partial charge on any atom is -0.347 e. The highest BCUT2D eigenvalue weighted by molar-refractivity contribution is 4.93. The highest BCUT2D eigenvalue weighted by atomic mass is 15.0. The Balaban J connectivity index is 2.44. The second-order valence-corrected chi connectivity index (χ2v) is 3.17. The molecule has 0 aliphatic carbocycles. The van der Waals surface area contributed by atoms with Gasteiger partial charge in [0, 0.05) is 18.4 Å². The summed E-state index contributed by atoms with van der Waals surface area (Å²) in [6.07, 6.45) is 4.78. The van der Waals surface area contributed by atoms with Crippen LogP contribution in [0.15, 0.2) is 12.4 Å². The normalized spacial score (nSPS) is 15.9. The lowest BCUT2D eigenvalue weighted by atomic mass is 10.2. The maximum Gasteiger partial charge on any atom is 0.122 e. The molecule has 1 rings (SSSR count). The van der Waals surface area contributed by atoms with Gasteiger partial charge in [0.25, 0.3) is 0 Å². The summed E-state index contributed by atoms with van der Waals surface area (Å²) in [5, 5.41) is 3.44. The number of nitrogens with one attached hydrogen (secondary N) is 2. The van der Waals surface area contributed by atoms with Crippen LogP contribution < -0.4 is 5.32 Å². The minimum absolute atomic E-state index is 0.315. The Morgan fingerprint density at radius 2 is 2.33 bits per heavy atom. The fourth-order valence-electron chi connectivity index (χ4n) is 1.14. The van der Waals surface area contributed by atoms with E-state index in [-0.39, 0.29) is 0 Å². The SMILES string of the molecule is CCC(C)NC(C)c1ncc[nH]1. The van der Waals surface area contributed by atoms with Gasteiger partial charge in [-0.15, -0.1) is 0 Å². The number of H-pyrrole nitrogens is 1. The number of hydrogen-bond acceptors (Lipinski definition) is 2. The largest absolute Gasteiger partial charge is 0.347 e. The van der Waals surface area contributed by atoms with Crippen LogP contribution in [0.4, 0.5) is 0 Å². The molecule has 2 atom stereocenters. The number of nitrogens with zero attached hydrogens (tertiary/aromatic N) is 1. The van der Waals surface area contributed by atoms with Crippen molar-refractivity contribution in [2.24, 2.45) is 0 Å². The molecule has 0 amide bonds. The molecule has 0 radical (unpaired) electrons. The maximum atomic E-state index is 4.19. The topological polar surface area (TPSA) is 40.7 Å². The van der Waals surface area contributed by atoms with Crippen LogP contribution in [-0.4, -0.2) is 16.0 Å². The molecule has 12 heavy (non-hydrogen) atoms. The van der Waals surface area contributed by atoms with E-state index in [1.807, 2.05) is 6.20 Å². The zero-order valence-corrected chi connectivity index (χ0v) is 7.96. The Morgan fingerprint density at radius 3 is 2.83 bits per heavy atom. The van der Waals surface area contributed by atoms with Gasteiger partial charge in [-0.25, -0.2) is 4.98 Å². The van der Waals surface area contributed by atoms with Crippen molar-refractivity contribution in [3.63, 3.8) is 0 Å². The molecule has 2 N–H and O–H groups in total. The molecular weight excluding hydrogens is 150 g/mol. The van der Waals surface area contributed by atoms with Crippen LogP contribution in [0.25, 0.3) is 0 Å². The predicted octanol–water partition coefficient (Wildman–Crippen LogP) is 1.86. The smallest absolute Gasteiger partial charge is 0.122 e. The third-order valence-electron chi connectivity index (χ3n) is 2.08. The van der Waals surface area contributed by atoms with Crippen molar-refractivity contribution in [2.75, 3.05) is 0 Å². The molecule has 68 valence electrons. The summed E-state index contributed by atoms with van der Waals surface area (Å²) in [7, 11) is 0. The summed E-state index contributed by atoms with van der Waals surface area (Å²) >= 11 is 0. The third kappa shape index (κ3) is 2.34. The molecule has 1 heterocycles. The molecular formula is C9H17N3. The molecule has 2 unspecified atom stereocenters. The lowest BCUT2D eigenvalue weighted by Crippen LogP contribution is -2.28. The Morgan fingerprint density at radius 1 is 1.58 bits per heavy atom. The van der Waals surface area contributed by atoms with Crippen LogP contribution in [0, 0.1) is 0 Å². The van der Waals surface area contributed by atoms with Crippen LogP contribution >= 0.6 is 0 Å². The quantitative estimate of drug-likeness (QED) is 0.718. The fourth-order valence-corrected chi connectivity index (χ4v) is 1.14. The standard InChI is InChI=1S/C9H17N3/c1-4-7(2)12-8(3)9-10-5-6-11-9/h5-8,12H,4H2,1-3H3,(H,10,11). The third-order valence-corrected chi connectivity index (χ3v) is 2.08. The molecule has 1 aromatic rings. The molecule has 0 aliphatic heterocycles. The van der Waals surface area contributed by atoms with Crippen LogP contribution in [0.5, 0.6) is 0 Å². The van der Waals surface area contributed by atoms with Crippen LogP contribution in [0.3, 0.4) is 0 Å². The molecule has 3 nitrogen and oxygen atoms in total. The number of imidazole rings is 1. The molecule has 1 aromatic heterocycles. The van der Waals surface area contributed by atoms with E-state index in [0.717, 1.165) is 12.2 Å². The van der Waals surface area contributed by atoms with E-state index < -0.39 is 0 Å². The first kappa shape index (κ1) is 9.26. The van der Waals surface area contributed by atoms with E-state index in [2.05, 4.69) is 36.1 Å². The van der Waals surface area contributed by atoms with Crippen molar-refractivity contribution in [1.29, 1.82) is 0 Å². The lowest BCUT2D eigenvalue weighted by Gasteiger charge is -2.16. The second kappa shape index (κ2) is 4.26. The summed E-state index contributed by atoms with van der Waals surface area (Å²) in [5.41, 5.74) is 0. The first-order valence-electron chi connectivity index (χ1n) is 4.49. The zero-order valence-electron chi connectivity index (χ0n) is 7.96. The molecule has 0 aromatic carbocycles. The number of rotatable bonds is 4. The average Bonchev–Trinajstić information content (AvgIpc) is 2.56. The van der Waals surface area contributed by atoms with Gasteiger partial charge in [-0.05, 0) is 20.3 Å². The minimum atomic E-state index is 0.315. The summed E-state index contributed by atoms with van der Waals surface area (Å²) in [6, 6.07) is 0.861. The zero-order chi connectivity index (χ0) is 8.97. The highest BCUT2D eigenvalue weighted by Crippen LogP contribution is 2.06. The van der Waals surface area contributed by atoms with Gasteiger partial charge in [0.1, 0.15) is 5.82 Å². The van der Waals surface area contributed by atoms with Crippen molar-refractivity contribution < 1.29 is 0 Å². The fraction of sp³-hybridized carbons (Fsp3) is 0.667. The first-order chi connectivity index (χ1) is 5.74. The molecule has 0 saturated carbocycles. The van der Waals surface area contributed by atoms with Crippen molar-refractivity contribution in [3.05, 3.63) is 18.2 Å². The first-order valence-corrected chi connectivity index (χ1v) is 4.49. The van der Waals surface area contributed by atoms with Gasteiger partial charge in [0.05, 0.1) is 6.04 Å². The average molecular weight is 167 g/mol. The molecule has 0 fully saturated rings. The summed E-state index contributed by atoms with van der Waals surface area (Å²) < 4.78 is 0. The summed E-state index contributed by atoms with van der Waals surface area (Å²) in [4.78, 5) is 7.28. The predicted molar refractivity (Wildman–Crippen MR) is 49.9 cm³/mol. The van der Waals surface area contributed by atoms with Gasteiger partial charge >= 0.3 is 0 Å². The Hall–Kier alpha value is -0.830. The van der Waals surface area contributed by atoms with E-state index in [9.17, 15) is 0 Å². The van der Waals surface area contributed by atoms with Crippen molar-refractivity contribution in [1.82, 2.24) is 15.3 Å².